The van der Waals surface area contributed by atoms with Crippen LogP contribution in [0.5, 0.6) is 0 Å². The van der Waals surface area contributed by atoms with E-state index >= 15 is 0 Å². The van der Waals surface area contributed by atoms with Gasteiger partial charge in [-0.1, -0.05) is 12.1 Å². The monoisotopic (exact) mass is 542 g/mol. The van der Waals surface area contributed by atoms with Crippen molar-refractivity contribution in [2.24, 2.45) is 5.10 Å². The van der Waals surface area contributed by atoms with Gasteiger partial charge >= 0.3 is 0 Å². The number of hydrogen-bond acceptors (Lipinski definition) is 16. The Morgan fingerprint density at radius 1 is 0.615 bits per heavy atom. The van der Waals surface area contributed by atoms with Gasteiger partial charge in [0.1, 0.15) is 11.4 Å². The molecule has 0 radical (unpaired) electrons. The third kappa shape index (κ3) is 6.55. The Hall–Kier alpha value is -4.39. The summed E-state index contributed by atoms with van der Waals surface area (Å²) >= 11 is 0. The first-order chi connectivity index (χ1) is 18.3. The number of anilines is 7. The molecule has 0 bridgehead atoms. The lowest BCUT2D eigenvalue weighted by molar-refractivity contribution is 0.0288. The fourth-order valence-electron chi connectivity index (χ4n) is 3.71. The highest BCUT2D eigenvalue weighted by Gasteiger charge is 2.17. The van der Waals surface area contributed by atoms with E-state index in [2.05, 4.69) is 10.5 Å². The molecule has 210 valence electrons. The van der Waals surface area contributed by atoms with Crippen LogP contribution >= 0.6 is 0 Å². The predicted octanol–water partition coefficient (Wildman–Crippen LogP) is 3.46. The normalized spacial score (nSPS) is 11.2. The number of nitrogens with zero attached hydrogens (tertiary/aromatic N) is 7. The van der Waals surface area contributed by atoms with Crippen LogP contribution in [0.25, 0.3) is 0 Å². The van der Waals surface area contributed by atoms with Gasteiger partial charge in [0, 0.05) is 50.7 Å². The summed E-state index contributed by atoms with van der Waals surface area (Å²) in [5.41, 5.74) is 2.85. The van der Waals surface area contributed by atoms with E-state index in [1.54, 1.807) is 56.2 Å². The fourth-order valence-corrected chi connectivity index (χ4v) is 3.71. The van der Waals surface area contributed by atoms with Crippen LogP contribution in [0.3, 0.4) is 0 Å². The van der Waals surface area contributed by atoms with Crippen LogP contribution in [0.2, 0.25) is 0 Å². The molecule has 0 atom stereocenters. The average molecular weight is 543 g/mol. The highest BCUT2D eigenvalue weighted by Crippen LogP contribution is 2.33. The molecule has 0 aliphatic carbocycles. The van der Waals surface area contributed by atoms with Crippen molar-refractivity contribution in [3.05, 3.63) is 86.6 Å². The quantitative estimate of drug-likeness (QED) is 0.183. The van der Waals surface area contributed by atoms with Gasteiger partial charge in [0.15, 0.2) is 0 Å². The van der Waals surface area contributed by atoms with Gasteiger partial charge in [0.2, 0.25) is 0 Å². The Morgan fingerprint density at radius 2 is 1.13 bits per heavy atom. The molecule has 16 heteroatoms. The van der Waals surface area contributed by atoms with Crippen molar-refractivity contribution in [3.8, 4) is 0 Å². The number of hydrogen-bond donors (Lipinski definition) is 5. The first-order valence-corrected chi connectivity index (χ1v) is 11.1. The van der Waals surface area contributed by atoms with E-state index < -0.39 is 21.8 Å². The maximum atomic E-state index is 11.8. The minimum absolute atomic E-state index is 0.0301. The topological polar surface area (TPSA) is 217 Å². The second-order valence-electron chi connectivity index (χ2n) is 8.56. The molecule has 3 rings (SSSR count). The zero-order chi connectivity index (χ0) is 29.0. The van der Waals surface area contributed by atoms with Crippen molar-refractivity contribution in [2.75, 3.05) is 64.3 Å². The van der Waals surface area contributed by atoms with Crippen LogP contribution in [-0.2, 0) is 0 Å². The summed E-state index contributed by atoms with van der Waals surface area (Å²) < 4.78 is 0. The van der Waals surface area contributed by atoms with Gasteiger partial charge in [-0.3, -0.25) is 26.3 Å². The van der Waals surface area contributed by atoms with Crippen molar-refractivity contribution in [1.82, 2.24) is 0 Å². The van der Waals surface area contributed by atoms with E-state index in [0.29, 0.717) is 11.4 Å². The molecule has 0 fully saturated rings. The van der Waals surface area contributed by atoms with E-state index in [9.17, 15) is 41.7 Å². The van der Waals surface area contributed by atoms with E-state index in [1.165, 1.54) is 24.3 Å². The van der Waals surface area contributed by atoms with Gasteiger partial charge in [-0.15, -0.1) is 10.5 Å². The number of rotatable bonds is 10. The largest absolute Gasteiger partial charge is 0.769 e. The molecule has 3 aromatic rings. The van der Waals surface area contributed by atoms with Crippen molar-refractivity contribution < 1.29 is 20.8 Å². The molecular weight excluding hydrogens is 516 g/mol. The lowest BCUT2D eigenvalue weighted by Crippen LogP contribution is -2.19. The van der Waals surface area contributed by atoms with Crippen molar-refractivity contribution in [3.63, 3.8) is 0 Å². The molecule has 3 aromatic carbocycles. The maximum Gasteiger partial charge on any atom is 0.121 e. The number of nitrogens with one attached hydrogen (secondary N) is 1. The molecule has 0 heterocycles. The first-order valence-electron chi connectivity index (χ1n) is 11.1. The Balaban J connectivity index is 2.23. The molecule has 0 saturated heterocycles. The molecule has 0 saturated carbocycles. The number of hydrazone groups is 1. The molecule has 5 N–H and O–H groups in total. The lowest BCUT2D eigenvalue weighted by atomic mass is 10.00. The van der Waals surface area contributed by atoms with E-state index in [4.69, 9.17) is 0 Å². The summed E-state index contributed by atoms with van der Waals surface area (Å²) in [6.07, 6.45) is 0. The van der Waals surface area contributed by atoms with Crippen LogP contribution in [0.4, 0.5) is 39.8 Å². The first kappa shape index (κ1) is 29.2. The van der Waals surface area contributed by atoms with Crippen LogP contribution < -0.4 is 36.1 Å². The summed E-state index contributed by atoms with van der Waals surface area (Å²) in [6, 6.07) is 12.1. The smallest absolute Gasteiger partial charge is 0.121 e. The fraction of sp³-hybridized carbons (Fsp3) is 0.174. The summed E-state index contributed by atoms with van der Waals surface area (Å²) in [6.45, 7) is 0. The van der Waals surface area contributed by atoms with Gasteiger partial charge in [0.05, 0.1) is 22.8 Å². The second-order valence-corrected chi connectivity index (χ2v) is 8.56. The van der Waals surface area contributed by atoms with Crippen LogP contribution in [0, 0.1) is 20.8 Å². The zero-order valence-electron chi connectivity index (χ0n) is 21.2. The third-order valence-electron chi connectivity index (χ3n) is 5.57. The van der Waals surface area contributed by atoms with Crippen LogP contribution in [0.15, 0.2) is 59.7 Å². The van der Waals surface area contributed by atoms with E-state index in [-0.39, 0.29) is 44.4 Å². The molecule has 16 nitrogen and oxygen atoms in total. The summed E-state index contributed by atoms with van der Waals surface area (Å²) in [7, 11) is 6.67. The van der Waals surface area contributed by atoms with E-state index in [1.807, 2.05) is 0 Å². The molecule has 0 spiro atoms. The molecule has 0 amide bonds. The summed E-state index contributed by atoms with van der Waals surface area (Å²) in [5, 5.41) is 87.3. The molecule has 0 aliphatic heterocycles. The lowest BCUT2D eigenvalue weighted by Gasteiger charge is -2.40. The summed E-state index contributed by atoms with van der Waals surface area (Å²) in [5.74, 6) is 0. The summed E-state index contributed by atoms with van der Waals surface area (Å²) in [4.78, 5) is 3.20. The molecule has 0 unspecified atom stereocenters. The minimum atomic E-state index is -0.722. The highest BCUT2D eigenvalue weighted by molar-refractivity contribution is 6.14. The van der Waals surface area contributed by atoms with E-state index in [0.717, 1.165) is 12.1 Å². The van der Waals surface area contributed by atoms with Gasteiger partial charge < -0.3 is 41.1 Å². The SMILES string of the molecule is CN(C)c1ccc(C(=NNc2ccc(N([O-])[O-])cc2N(O)O)c2ccc(N(C)C)c(N(O)O)c2)cc1N([O-])[O-]. The zero-order valence-corrected chi connectivity index (χ0v) is 21.2. The highest BCUT2D eigenvalue weighted by atomic mass is 16.8. The van der Waals surface area contributed by atoms with Gasteiger partial charge in [0.25, 0.3) is 0 Å². The molecule has 0 aromatic heterocycles. The average Bonchev–Trinajstić information content (AvgIpc) is 2.88. The van der Waals surface area contributed by atoms with Gasteiger partial charge in [-0.2, -0.15) is 5.10 Å². The Bertz CT molecular complexity index is 1270. The Morgan fingerprint density at radius 3 is 1.59 bits per heavy atom. The molecular formula is C23H26N8O8-4. The molecule has 39 heavy (non-hydrogen) atoms. The minimum Gasteiger partial charge on any atom is -0.769 e. The Kier molecular flexibility index (Phi) is 8.96. The maximum absolute atomic E-state index is 11.8. The van der Waals surface area contributed by atoms with Gasteiger partial charge in [-0.25, -0.2) is 0 Å². The van der Waals surface area contributed by atoms with Crippen LogP contribution in [-0.4, -0.2) is 54.7 Å². The predicted molar refractivity (Wildman–Crippen MR) is 148 cm³/mol. The standard InChI is InChI=1S/C23H26N8O8/c1-26(2)18-9-5-14(11-21(18)30(36)37)23(15-6-10-19(27(3)4)22(12-15)31(38)39)25-24-17-8-7-16(28(32)33)13-20(17)29(34)35/h5-13,24,34-37H,1-4H3/q-4. The van der Waals surface area contributed by atoms with Crippen molar-refractivity contribution in [2.45, 2.75) is 0 Å². The van der Waals surface area contributed by atoms with Crippen LogP contribution in [0.1, 0.15) is 11.1 Å². The van der Waals surface area contributed by atoms with Crippen molar-refractivity contribution in [1.29, 1.82) is 0 Å². The molecule has 0 aliphatic rings. The number of benzene rings is 3. The van der Waals surface area contributed by atoms with Crippen molar-refractivity contribution >= 4 is 45.5 Å². The second kappa shape index (κ2) is 12.0. The Labute approximate surface area is 222 Å². The van der Waals surface area contributed by atoms with Gasteiger partial charge in [-0.05, 0) is 42.5 Å². The third-order valence-corrected chi connectivity index (χ3v) is 5.57.